The smallest absolute Gasteiger partial charge is 0.354 e. The molecule has 4 rings (SSSR count). The molecule has 0 fully saturated rings. The molecule has 0 unspecified atom stereocenters. The zero-order chi connectivity index (χ0) is 25.5. The molecule has 3 N–H and O–H groups in total. The highest BCUT2D eigenvalue weighted by molar-refractivity contribution is 6.30. The van der Waals surface area contributed by atoms with Gasteiger partial charge in [0.25, 0.3) is 0 Å². The molecule has 0 atom stereocenters. The highest BCUT2D eigenvalue weighted by Crippen LogP contribution is 2.22. The fourth-order valence-corrected chi connectivity index (χ4v) is 3.52. The number of nitrogens with one attached hydrogen (secondary N) is 1. The van der Waals surface area contributed by atoms with E-state index in [4.69, 9.17) is 16.3 Å². The molecule has 0 saturated carbocycles. The minimum atomic E-state index is -0.795. The number of rotatable bonds is 10. The first-order valence-electron chi connectivity index (χ1n) is 11.1. The summed E-state index contributed by atoms with van der Waals surface area (Å²) in [5.74, 6) is 0.371. The number of halogens is 1. The second-order valence-corrected chi connectivity index (χ2v) is 8.41. The van der Waals surface area contributed by atoms with Crippen LogP contribution < -0.4 is 21.4 Å². The summed E-state index contributed by atoms with van der Waals surface area (Å²) in [4.78, 5) is 34.2. The summed E-state index contributed by atoms with van der Waals surface area (Å²) in [6, 6.07) is 19.1. The van der Waals surface area contributed by atoms with Crippen LogP contribution in [-0.2, 0) is 13.1 Å². The number of hydrogen-bond donors (Lipinski definition) is 3. The Kier molecular flexibility index (Phi) is 8.11. The molecule has 4 aromatic rings. The average molecular weight is 510 g/mol. The molecule has 0 amide bonds. The summed E-state index contributed by atoms with van der Waals surface area (Å²) in [7, 11) is 0. The highest BCUT2D eigenvalue weighted by Gasteiger charge is 2.17. The van der Waals surface area contributed by atoms with Gasteiger partial charge in [-0.1, -0.05) is 29.8 Å². The van der Waals surface area contributed by atoms with E-state index in [0.29, 0.717) is 22.3 Å². The molecule has 0 radical (unpaired) electrons. The van der Waals surface area contributed by atoms with Crippen molar-refractivity contribution in [2.24, 2.45) is 5.92 Å². The van der Waals surface area contributed by atoms with Gasteiger partial charge in [0.1, 0.15) is 5.75 Å². The second kappa shape index (κ2) is 11.6. The van der Waals surface area contributed by atoms with E-state index >= 15 is 0 Å². The topological polar surface area (TPSA) is 132 Å². The van der Waals surface area contributed by atoms with E-state index < -0.39 is 17.3 Å². The van der Waals surface area contributed by atoms with E-state index in [1.165, 1.54) is 4.57 Å². The average Bonchev–Trinajstić information content (AvgIpc) is 2.89. The number of aromatic nitrogens is 4. The molecule has 0 aliphatic carbocycles. The first-order chi connectivity index (χ1) is 17.5. The Bertz CT molecular complexity index is 1400. The first kappa shape index (κ1) is 25.1. The fourth-order valence-electron chi connectivity index (χ4n) is 3.39. The third-order valence-corrected chi connectivity index (χ3v) is 5.58. The van der Waals surface area contributed by atoms with Crippen molar-refractivity contribution in [2.75, 3.05) is 18.5 Å². The van der Waals surface area contributed by atoms with E-state index in [2.05, 4.69) is 15.3 Å². The standard InChI is InChI=1S/C25H24ClN5O5/c26-19-6-4-17(5-7-19)13-30-23(29-24(34)31(25(30)35)14-18(15-32)16-33)28-20-8-10-21(11-9-20)36-22-3-1-2-12-27-22/h1-12,18,32-33H,13-16H2,(H,28,29,34). The van der Waals surface area contributed by atoms with Gasteiger partial charge in [-0.05, 0) is 48.0 Å². The van der Waals surface area contributed by atoms with Crippen LogP contribution in [0.5, 0.6) is 11.6 Å². The molecule has 0 saturated heterocycles. The van der Waals surface area contributed by atoms with Gasteiger partial charge in [-0.3, -0.25) is 4.57 Å². The van der Waals surface area contributed by atoms with E-state index in [1.54, 1.807) is 66.9 Å². The molecule has 10 nitrogen and oxygen atoms in total. The van der Waals surface area contributed by atoms with Crippen LogP contribution in [0.15, 0.2) is 82.5 Å². The van der Waals surface area contributed by atoms with Gasteiger partial charge in [-0.15, -0.1) is 0 Å². The van der Waals surface area contributed by atoms with Crippen LogP contribution in [0.1, 0.15) is 5.56 Å². The zero-order valence-corrected chi connectivity index (χ0v) is 19.9. The fraction of sp³-hybridized carbons (Fsp3) is 0.200. The largest absolute Gasteiger partial charge is 0.439 e. The Morgan fingerprint density at radius 3 is 2.31 bits per heavy atom. The quantitative estimate of drug-likeness (QED) is 0.297. The maximum Gasteiger partial charge on any atom is 0.354 e. The first-order valence-corrected chi connectivity index (χ1v) is 11.5. The molecule has 0 spiro atoms. The molecule has 2 aromatic heterocycles. The van der Waals surface area contributed by atoms with Crippen molar-refractivity contribution in [3.05, 3.63) is 104 Å². The summed E-state index contributed by atoms with van der Waals surface area (Å²) in [6.07, 6.45) is 1.63. The molecule has 0 bridgehead atoms. The number of ether oxygens (including phenoxy) is 1. The second-order valence-electron chi connectivity index (χ2n) is 7.97. The lowest BCUT2D eigenvalue weighted by atomic mass is 10.2. The van der Waals surface area contributed by atoms with Gasteiger partial charge in [-0.2, -0.15) is 4.98 Å². The van der Waals surface area contributed by atoms with Crippen molar-refractivity contribution in [2.45, 2.75) is 13.1 Å². The van der Waals surface area contributed by atoms with E-state index in [0.717, 1.165) is 10.1 Å². The minimum absolute atomic E-state index is 0.0409. The van der Waals surface area contributed by atoms with Gasteiger partial charge in [-0.25, -0.2) is 19.1 Å². The number of aliphatic hydroxyl groups excluding tert-OH is 2. The molecule has 36 heavy (non-hydrogen) atoms. The van der Waals surface area contributed by atoms with Gasteiger partial charge in [0.2, 0.25) is 11.8 Å². The van der Waals surface area contributed by atoms with Crippen LogP contribution in [-0.4, -0.2) is 42.5 Å². The van der Waals surface area contributed by atoms with Crippen molar-refractivity contribution in [1.29, 1.82) is 0 Å². The predicted molar refractivity (Wildman–Crippen MR) is 135 cm³/mol. The number of nitrogens with zero attached hydrogens (tertiary/aromatic N) is 4. The van der Waals surface area contributed by atoms with Crippen LogP contribution >= 0.6 is 11.6 Å². The number of pyridine rings is 1. The van der Waals surface area contributed by atoms with Crippen molar-refractivity contribution in [1.82, 2.24) is 19.1 Å². The Balaban J connectivity index is 1.66. The Morgan fingerprint density at radius 1 is 0.944 bits per heavy atom. The summed E-state index contributed by atoms with van der Waals surface area (Å²) in [5, 5.41) is 22.4. The number of aliphatic hydroxyl groups is 2. The van der Waals surface area contributed by atoms with Crippen molar-refractivity contribution < 1.29 is 14.9 Å². The van der Waals surface area contributed by atoms with Crippen LogP contribution in [0.25, 0.3) is 0 Å². The Morgan fingerprint density at radius 2 is 1.67 bits per heavy atom. The minimum Gasteiger partial charge on any atom is -0.439 e. The molecule has 2 aromatic carbocycles. The van der Waals surface area contributed by atoms with Crippen LogP contribution in [0.3, 0.4) is 0 Å². The van der Waals surface area contributed by atoms with Gasteiger partial charge < -0.3 is 20.3 Å². The number of anilines is 2. The van der Waals surface area contributed by atoms with Gasteiger partial charge in [0.05, 0.1) is 6.54 Å². The van der Waals surface area contributed by atoms with Crippen LogP contribution in [0.4, 0.5) is 11.6 Å². The molecule has 11 heteroatoms. The third kappa shape index (κ3) is 6.16. The lowest BCUT2D eigenvalue weighted by Crippen LogP contribution is -2.44. The number of hydrogen-bond acceptors (Lipinski definition) is 8. The Labute approximate surface area is 211 Å². The third-order valence-electron chi connectivity index (χ3n) is 5.33. The van der Waals surface area contributed by atoms with E-state index in [1.807, 2.05) is 6.07 Å². The lowest BCUT2D eigenvalue weighted by molar-refractivity contribution is 0.134. The summed E-state index contributed by atoms with van der Waals surface area (Å²) < 4.78 is 7.91. The van der Waals surface area contributed by atoms with Gasteiger partial charge in [0, 0.05) is 48.6 Å². The van der Waals surface area contributed by atoms with E-state index in [9.17, 15) is 19.8 Å². The Hall–Kier alpha value is -3.99. The molecular weight excluding hydrogens is 486 g/mol. The lowest BCUT2D eigenvalue weighted by Gasteiger charge is -2.17. The molecule has 0 aliphatic heterocycles. The maximum absolute atomic E-state index is 13.3. The van der Waals surface area contributed by atoms with E-state index in [-0.39, 0.29) is 32.3 Å². The summed E-state index contributed by atoms with van der Waals surface area (Å²) >= 11 is 5.98. The van der Waals surface area contributed by atoms with Crippen molar-refractivity contribution in [3.8, 4) is 11.6 Å². The molecule has 0 aliphatic rings. The summed E-state index contributed by atoms with van der Waals surface area (Å²) in [6.45, 7) is -0.827. The van der Waals surface area contributed by atoms with Gasteiger partial charge >= 0.3 is 11.4 Å². The normalized spacial score (nSPS) is 11.0. The molecule has 186 valence electrons. The molecule has 2 heterocycles. The number of benzene rings is 2. The molecular formula is C25H24ClN5O5. The van der Waals surface area contributed by atoms with Crippen LogP contribution in [0, 0.1) is 5.92 Å². The SMILES string of the molecule is O=c1nc(Nc2ccc(Oc3ccccn3)cc2)n(Cc2ccc(Cl)cc2)c(=O)n1CC(CO)CO. The van der Waals surface area contributed by atoms with Gasteiger partial charge in [0.15, 0.2) is 0 Å². The highest BCUT2D eigenvalue weighted by atomic mass is 35.5. The van der Waals surface area contributed by atoms with Crippen molar-refractivity contribution in [3.63, 3.8) is 0 Å². The summed E-state index contributed by atoms with van der Waals surface area (Å²) in [5.41, 5.74) is -0.0938. The maximum atomic E-state index is 13.3. The zero-order valence-electron chi connectivity index (χ0n) is 19.1. The predicted octanol–water partition coefficient (Wildman–Crippen LogP) is 2.64. The monoisotopic (exact) mass is 509 g/mol. The van der Waals surface area contributed by atoms with Crippen molar-refractivity contribution >= 4 is 23.2 Å². The van der Waals surface area contributed by atoms with Crippen LogP contribution in [0.2, 0.25) is 5.02 Å².